The summed E-state index contributed by atoms with van der Waals surface area (Å²) >= 11 is 0. The summed E-state index contributed by atoms with van der Waals surface area (Å²) in [7, 11) is -3.51. The van der Waals surface area contributed by atoms with Crippen LogP contribution in [0.1, 0.15) is 33.6 Å². The summed E-state index contributed by atoms with van der Waals surface area (Å²) in [6.07, 6.45) is 5.65. The zero-order valence-electron chi connectivity index (χ0n) is 15.1. The van der Waals surface area contributed by atoms with Crippen molar-refractivity contribution in [3.8, 4) is 0 Å². The van der Waals surface area contributed by atoms with Gasteiger partial charge in [0.15, 0.2) is 0 Å². The average Bonchev–Trinajstić information content (AvgIpc) is 2.58. The van der Waals surface area contributed by atoms with Crippen molar-refractivity contribution in [3.63, 3.8) is 0 Å². The molecule has 7 heteroatoms. The first kappa shape index (κ1) is 21.8. The smallest absolute Gasteiger partial charge is 0.243 e. The van der Waals surface area contributed by atoms with Crippen LogP contribution in [0.3, 0.4) is 0 Å². The van der Waals surface area contributed by atoms with Crippen molar-refractivity contribution in [2.75, 3.05) is 19.6 Å². The highest BCUT2D eigenvalue weighted by Crippen LogP contribution is 2.22. The molecule has 5 nitrogen and oxygen atoms in total. The highest BCUT2D eigenvalue weighted by atomic mass is 35.5. The Bertz CT molecular complexity index is 768. The van der Waals surface area contributed by atoms with Crippen LogP contribution >= 0.6 is 12.4 Å². The predicted octanol–water partition coefficient (Wildman–Crippen LogP) is 3.45. The van der Waals surface area contributed by atoms with Gasteiger partial charge >= 0.3 is 0 Å². The monoisotopic (exact) mass is 385 g/mol. The first-order valence-electron chi connectivity index (χ1n) is 8.57. The highest BCUT2D eigenvalue weighted by Gasteiger charge is 2.27. The fourth-order valence-electron chi connectivity index (χ4n) is 2.79. The summed E-state index contributed by atoms with van der Waals surface area (Å²) < 4.78 is 27.6. The number of halogens is 1. The molecule has 0 aliphatic heterocycles. The van der Waals surface area contributed by atoms with Crippen LogP contribution in [0.15, 0.2) is 41.6 Å². The maximum Gasteiger partial charge on any atom is 0.243 e. The van der Waals surface area contributed by atoms with E-state index >= 15 is 0 Å². The number of aromatic nitrogens is 1. The fraction of sp³-hybridized carbons (Fsp3) is 0.500. The average molecular weight is 386 g/mol. The summed E-state index contributed by atoms with van der Waals surface area (Å²) in [6.45, 7) is 8.00. The Morgan fingerprint density at radius 2 is 1.96 bits per heavy atom. The lowest BCUT2D eigenvalue weighted by atomic mass is 10.2. The van der Waals surface area contributed by atoms with Gasteiger partial charge in [0.05, 0.1) is 4.90 Å². The second-order valence-electron chi connectivity index (χ2n) is 6.00. The Morgan fingerprint density at radius 3 is 2.64 bits per heavy atom. The van der Waals surface area contributed by atoms with E-state index in [0.717, 1.165) is 30.2 Å². The number of sulfonamides is 1. The molecule has 0 bridgehead atoms. The van der Waals surface area contributed by atoms with Gasteiger partial charge in [0.1, 0.15) is 0 Å². The van der Waals surface area contributed by atoms with E-state index in [0.29, 0.717) is 18.0 Å². The van der Waals surface area contributed by atoms with Crippen LogP contribution in [-0.2, 0) is 10.0 Å². The number of nitrogens with one attached hydrogen (secondary N) is 1. The van der Waals surface area contributed by atoms with E-state index in [1.165, 1.54) is 0 Å². The molecule has 0 radical (unpaired) electrons. The molecule has 0 fully saturated rings. The third kappa shape index (κ3) is 5.38. The van der Waals surface area contributed by atoms with Gasteiger partial charge in [-0.3, -0.25) is 4.98 Å². The SMILES string of the molecule is CCCCNCC(C)N(CC)S(=O)(=O)c1ccc2cnccc2c1.Cl. The van der Waals surface area contributed by atoms with Gasteiger partial charge in [-0.15, -0.1) is 12.4 Å². The first-order valence-corrected chi connectivity index (χ1v) is 10.0. The standard InChI is InChI=1S/C18H27N3O2S.ClH/c1-4-6-10-19-13-15(3)21(5-2)24(22,23)18-8-7-17-14-20-11-9-16(17)12-18;/h7-9,11-12,14-15,19H,4-6,10,13H2,1-3H3;1H. The van der Waals surface area contributed by atoms with Crippen LogP contribution in [0, 0.1) is 0 Å². The van der Waals surface area contributed by atoms with Crippen molar-refractivity contribution in [1.82, 2.24) is 14.6 Å². The number of unbranched alkanes of at least 4 members (excludes halogenated alkanes) is 1. The lowest BCUT2D eigenvalue weighted by Crippen LogP contribution is -2.44. The summed E-state index contributed by atoms with van der Waals surface area (Å²) in [6, 6.07) is 6.95. The maximum absolute atomic E-state index is 13.0. The molecule has 0 spiro atoms. The number of benzene rings is 1. The predicted molar refractivity (Wildman–Crippen MR) is 106 cm³/mol. The molecular weight excluding hydrogens is 358 g/mol. The van der Waals surface area contributed by atoms with Crippen LogP contribution in [0.25, 0.3) is 10.8 Å². The van der Waals surface area contributed by atoms with Crippen LogP contribution in [0.2, 0.25) is 0 Å². The highest BCUT2D eigenvalue weighted by molar-refractivity contribution is 7.89. The number of nitrogens with zero attached hydrogens (tertiary/aromatic N) is 2. The summed E-state index contributed by atoms with van der Waals surface area (Å²) in [5.41, 5.74) is 0. The van der Waals surface area contributed by atoms with E-state index in [1.54, 1.807) is 28.8 Å². The Balaban J connectivity index is 0.00000312. The zero-order chi connectivity index (χ0) is 17.6. The molecule has 2 rings (SSSR count). The second kappa shape index (κ2) is 10.1. The van der Waals surface area contributed by atoms with Crippen molar-refractivity contribution >= 4 is 33.2 Å². The van der Waals surface area contributed by atoms with Crippen LogP contribution in [0.5, 0.6) is 0 Å². The Kier molecular flexibility index (Phi) is 8.79. The minimum Gasteiger partial charge on any atom is -0.315 e. The Hall–Kier alpha value is -1.21. The quantitative estimate of drug-likeness (QED) is 0.671. The van der Waals surface area contributed by atoms with Gasteiger partial charge < -0.3 is 5.32 Å². The van der Waals surface area contributed by atoms with Gasteiger partial charge in [-0.25, -0.2) is 8.42 Å². The zero-order valence-corrected chi connectivity index (χ0v) is 16.7. The number of hydrogen-bond acceptors (Lipinski definition) is 4. The summed E-state index contributed by atoms with van der Waals surface area (Å²) in [5.74, 6) is 0. The second-order valence-corrected chi connectivity index (χ2v) is 7.89. The van der Waals surface area contributed by atoms with Gasteiger partial charge in [0.2, 0.25) is 10.0 Å². The number of hydrogen-bond donors (Lipinski definition) is 1. The third-order valence-corrected chi connectivity index (χ3v) is 6.25. The van der Waals surface area contributed by atoms with Gasteiger partial charge in [-0.1, -0.05) is 26.3 Å². The Labute approximate surface area is 157 Å². The van der Waals surface area contributed by atoms with Crippen molar-refractivity contribution in [3.05, 3.63) is 36.7 Å². The molecule has 0 amide bonds. The van der Waals surface area contributed by atoms with Gasteiger partial charge in [-0.2, -0.15) is 4.31 Å². The van der Waals surface area contributed by atoms with Crippen molar-refractivity contribution in [2.24, 2.45) is 0 Å². The molecule has 1 aromatic carbocycles. The van der Waals surface area contributed by atoms with E-state index in [1.807, 2.05) is 26.0 Å². The molecule has 1 atom stereocenters. The van der Waals surface area contributed by atoms with Gasteiger partial charge in [0.25, 0.3) is 0 Å². The number of fused-ring (bicyclic) bond motifs is 1. The largest absolute Gasteiger partial charge is 0.315 e. The molecule has 1 N–H and O–H groups in total. The minimum atomic E-state index is -3.51. The molecule has 1 aromatic heterocycles. The molecule has 25 heavy (non-hydrogen) atoms. The fourth-order valence-corrected chi connectivity index (χ4v) is 4.47. The van der Waals surface area contributed by atoms with E-state index in [4.69, 9.17) is 0 Å². The molecule has 2 aromatic rings. The van der Waals surface area contributed by atoms with Crippen molar-refractivity contribution in [1.29, 1.82) is 0 Å². The lowest BCUT2D eigenvalue weighted by Gasteiger charge is -2.27. The third-order valence-electron chi connectivity index (χ3n) is 4.17. The maximum atomic E-state index is 13.0. The van der Waals surface area contributed by atoms with Gasteiger partial charge in [-0.05, 0) is 43.5 Å². The molecule has 140 valence electrons. The summed E-state index contributed by atoms with van der Waals surface area (Å²) in [4.78, 5) is 4.40. The van der Waals surface area contributed by atoms with E-state index < -0.39 is 10.0 Å². The molecule has 0 saturated carbocycles. The molecule has 0 aliphatic carbocycles. The molecule has 0 aliphatic rings. The van der Waals surface area contributed by atoms with Crippen LogP contribution in [-0.4, -0.2) is 43.4 Å². The van der Waals surface area contributed by atoms with E-state index in [-0.39, 0.29) is 18.4 Å². The molecular formula is C18H28ClN3O2S. The number of likely N-dealkylation sites (N-methyl/N-ethyl adjacent to an activating group) is 1. The molecule has 1 unspecified atom stereocenters. The van der Waals surface area contributed by atoms with E-state index in [2.05, 4.69) is 17.2 Å². The Morgan fingerprint density at radius 1 is 1.20 bits per heavy atom. The van der Waals surface area contributed by atoms with Gasteiger partial charge in [0, 0.05) is 36.9 Å². The van der Waals surface area contributed by atoms with Crippen molar-refractivity contribution in [2.45, 2.75) is 44.6 Å². The topological polar surface area (TPSA) is 62.3 Å². The summed E-state index contributed by atoms with van der Waals surface area (Å²) in [5, 5.41) is 5.16. The number of rotatable bonds is 9. The number of pyridine rings is 1. The first-order chi connectivity index (χ1) is 11.5. The van der Waals surface area contributed by atoms with Crippen molar-refractivity contribution < 1.29 is 8.42 Å². The molecule has 1 heterocycles. The van der Waals surface area contributed by atoms with Crippen LogP contribution in [0.4, 0.5) is 0 Å². The minimum absolute atomic E-state index is 0. The lowest BCUT2D eigenvalue weighted by molar-refractivity contribution is 0.337. The molecule has 0 saturated heterocycles. The van der Waals surface area contributed by atoms with Crippen LogP contribution < -0.4 is 5.32 Å². The van der Waals surface area contributed by atoms with E-state index in [9.17, 15) is 8.42 Å². The normalized spacial score (nSPS) is 13.0.